The normalized spacial score (nSPS) is 10.3. The highest BCUT2D eigenvalue weighted by molar-refractivity contribution is 5.87. The van der Waals surface area contributed by atoms with Crippen LogP contribution in [0.5, 0.6) is 11.5 Å². The van der Waals surface area contributed by atoms with Gasteiger partial charge in [0.1, 0.15) is 17.1 Å². The number of aromatic nitrogens is 4. The van der Waals surface area contributed by atoms with E-state index in [9.17, 15) is 4.79 Å². The number of benzene rings is 1. The Balaban J connectivity index is 1.91. The Hall–Kier alpha value is -3.55. The molecule has 0 fully saturated rings. The van der Waals surface area contributed by atoms with Gasteiger partial charge >= 0.3 is 5.97 Å². The lowest BCUT2D eigenvalue weighted by Gasteiger charge is -2.09. The molecular weight excluding hydrogens is 336 g/mol. The minimum atomic E-state index is -0.526. The second-order valence-corrected chi connectivity index (χ2v) is 5.14. The topological polar surface area (TPSA) is 96.3 Å². The van der Waals surface area contributed by atoms with Crippen LogP contribution in [-0.2, 0) is 4.74 Å². The maximum atomic E-state index is 11.6. The standard InChI is InChI=1S/C18H16N4O4/c1-24-15-8-7-11(9-16(15)25-2)14-10-19-17(22-21-14)12-5-4-6-13(20-12)18(23)26-3/h4-10H,1-3H3. The van der Waals surface area contributed by atoms with Crippen LogP contribution in [0, 0.1) is 0 Å². The quantitative estimate of drug-likeness (QED) is 0.646. The predicted molar refractivity (Wildman–Crippen MR) is 92.9 cm³/mol. The van der Waals surface area contributed by atoms with E-state index in [0.717, 1.165) is 5.56 Å². The van der Waals surface area contributed by atoms with Crippen molar-refractivity contribution in [3.05, 3.63) is 48.3 Å². The van der Waals surface area contributed by atoms with Gasteiger partial charge in [0.25, 0.3) is 0 Å². The molecule has 0 N–H and O–H groups in total. The van der Waals surface area contributed by atoms with Gasteiger partial charge < -0.3 is 14.2 Å². The molecule has 0 saturated heterocycles. The van der Waals surface area contributed by atoms with Gasteiger partial charge in [-0.25, -0.2) is 14.8 Å². The summed E-state index contributed by atoms with van der Waals surface area (Å²) < 4.78 is 15.2. The largest absolute Gasteiger partial charge is 0.493 e. The highest BCUT2D eigenvalue weighted by Gasteiger charge is 2.12. The van der Waals surface area contributed by atoms with Crippen molar-refractivity contribution < 1.29 is 19.0 Å². The Bertz CT molecular complexity index is 929. The van der Waals surface area contributed by atoms with E-state index >= 15 is 0 Å². The molecule has 26 heavy (non-hydrogen) atoms. The number of carbonyl (C=O) groups excluding carboxylic acids is 1. The van der Waals surface area contributed by atoms with Gasteiger partial charge in [-0.3, -0.25) is 0 Å². The van der Waals surface area contributed by atoms with Crippen LogP contribution in [0.15, 0.2) is 42.6 Å². The first-order chi connectivity index (χ1) is 12.7. The van der Waals surface area contributed by atoms with Gasteiger partial charge in [-0.1, -0.05) is 6.07 Å². The summed E-state index contributed by atoms with van der Waals surface area (Å²) in [5, 5.41) is 8.29. The van der Waals surface area contributed by atoms with Crippen LogP contribution >= 0.6 is 0 Å². The second kappa shape index (κ2) is 7.56. The summed E-state index contributed by atoms with van der Waals surface area (Å²) in [5.41, 5.74) is 1.96. The van der Waals surface area contributed by atoms with Gasteiger partial charge in [0.05, 0.1) is 27.5 Å². The van der Waals surface area contributed by atoms with E-state index in [0.29, 0.717) is 28.7 Å². The smallest absolute Gasteiger partial charge is 0.356 e. The molecule has 132 valence electrons. The van der Waals surface area contributed by atoms with E-state index in [-0.39, 0.29) is 5.69 Å². The molecule has 3 aromatic rings. The van der Waals surface area contributed by atoms with E-state index in [1.54, 1.807) is 50.7 Å². The number of esters is 1. The Morgan fingerprint density at radius 2 is 1.73 bits per heavy atom. The number of nitrogens with zero attached hydrogens (tertiary/aromatic N) is 4. The van der Waals surface area contributed by atoms with Gasteiger partial charge in [-0.2, -0.15) is 0 Å². The zero-order chi connectivity index (χ0) is 18.5. The highest BCUT2D eigenvalue weighted by atomic mass is 16.5. The minimum absolute atomic E-state index is 0.178. The second-order valence-electron chi connectivity index (χ2n) is 5.14. The molecule has 0 radical (unpaired) electrons. The van der Waals surface area contributed by atoms with Gasteiger partial charge in [0.2, 0.25) is 0 Å². The molecule has 0 aliphatic heterocycles. The van der Waals surface area contributed by atoms with Crippen molar-refractivity contribution in [2.75, 3.05) is 21.3 Å². The third-order valence-electron chi connectivity index (χ3n) is 3.61. The summed E-state index contributed by atoms with van der Waals surface area (Å²) in [6.45, 7) is 0. The van der Waals surface area contributed by atoms with Crippen LogP contribution in [0.4, 0.5) is 0 Å². The summed E-state index contributed by atoms with van der Waals surface area (Å²) in [6.07, 6.45) is 1.58. The monoisotopic (exact) mass is 352 g/mol. The van der Waals surface area contributed by atoms with Crippen molar-refractivity contribution in [2.45, 2.75) is 0 Å². The molecule has 0 unspecified atom stereocenters. The van der Waals surface area contributed by atoms with Crippen molar-refractivity contribution in [1.82, 2.24) is 20.2 Å². The van der Waals surface area contributed by atoms with Crippen LogP contribution in [0.25, 0.3) is 22.8 Å². The first-order valence-corrected chi connectivity index (χ1v) is 7.64. The molecule has 0 aliphatic carbocycles. The molecule has 8 heteroatoms. The molecule has 2 heterocycles. The van der Waals surface area contributed by atoms with Crippen LogP contribution in [0.2, 0.25) is 0 Å². The lowest BCUT2D eigenvalue weighted by molar-refractivity contribution is 0.0594. The highest BCUT2D eigenvalue weighted by Crippen LogP contribution is 2.31. The molecule has 0 bridgehead atoms. The average Bonchev–Trinajstić information content (AvgIpc) is 2.72. The molecule has 0 aliphatic rings. The fraction of sp³-hybridized carbons (Fsp3) is 0.167. The molecule has 0 amide bonds. The number of hydrogen-bond acceptors (Lipinski definition) is 8. The summed E-state index contributed by atoms with van der Waals surface area (Å²) in [5.74, 6) is 0.989. The SMILES string of the molecule is COC(=O)c1cccc(-c2ncc(-c3ccc(OC)c(OC)c3)nn2)n1. The van der Waals surface area contributed by atoms with E-state index in [1.807, 2.05) is 6.07 Å². The number of pyridine rings is 1. The van der Waals surface area contributed by atoms with Crippen molar-refractivity contribution in [2.24, 2.45) is 0 Å². The Kier molecular flexibility index (Phi) is 5.02. The first kappa shape index (κ1) is 17.3. The first-order valence-electron chi connectivity index (χ1n) is 7.64. The molecular formula is C18H16N4O4. The lowest BCUT2D eigenvalue weighted by Crippen LogP contribution is -2.05. The molecule has 0 spiro atoms. The van der Waals surface area contributed by atoms with Gasteiger partial charge in [0.15, 0.2) is 17.3 Å². The Morgan fingerprint density at radius 1 is 0.923 bits per heavy atom. The molecule has 0 atom stereocenters. The van der Waals surface area contributed by atoms with E-state index in [1.165, 1.54) is 7.11 Å². The number of methoxy groups -OCH3 is 3. The number of carbonyl (C=O) groups is 1. The van der Waals surface area contributed by atoms with Gasteiger partial charge in [-0.05, 0) is 30.3 Å². The average molecular weight is 352 g/mol. The van der Waals surface area contributed by atoms with E-state index in [2.05, 4.69) is 24.9 Å². The predicted octanol–water partition coefficient (Wildman–Crippen LogP) is 2.40. The Morgan fingerprint density at radius 3 is 2.38 bits per heavy atom. The third-order valence-corrected chi connectivity index (χ3v) is 3.61. The van der Waals surface area contributed by atoms with Crippen LogP contribution in [-0.4, -0.2) is 47.5 Å². The summed E-state index contributed by atoms with van der Waals surface area (Å²) in [4.78, 5) is 20.1. The van der Waals surface area contributed by atoms with Crippen molar-refractivity contribution >= 4 is 5.97 Å². The zero-order valence-corrected chi connectivity index (χ0v) is 14.5. The summed E-state index contributed by atoms with van der Waals surface area (Å²) in [7, 11) is 4.43. The zero-order valence-electron chi connectivity index (χ0n) is 14.5. The maximum Gasteiger partial charge on any atom is 0.356 e. The summed E-state index contributed by atoms with van der Waals surface area (Å²) >= 11 is 0. The van der Waals surface area contributed by atoms with Crippen LogP contribution in [0.3, 0.4) is 0 Å². The van der Waals surface area contributed by atoms with Crippen molar-refractivity contribution in [1.29, 1.82) is 0 Å². The molecule has 0 saturated carbocycles. The third kappa shape index (κ3) is 3.44. The molecule has 8 nitrogen and oxygen atoms in total. The lowest BCUT2D eigenvalue weighted by atomic mass is 10.1. The van der Waals surface area contributed by atoms with Gasteiger partial charge in [-0.15, -0.1) is 10.2 Å². The summed E-state index contributed by atoms with van der Waals surface area (Å²) in [6, 6.07) is 10.3. The minimum Gasteiger partial charge on any atom is -0.493 e. The molecule has 1 aromatic carbocycles. The maximum absolute atomic E-state index is 11.6. The van der Waals surface area contributed by atoms with Crippen molar-refractivity contribution in [3.63, 3.8) is 0 Å². The fourth-order valence-corrected chi connectivity index (χ4v) is 2.30. The number of hydrogen-bond donors (Lipinski definition) is 0. The van der Waals surface area contributed by atoms with E-state index in [4.69, 9.17) is 9.47 Å². The molecule has 3 rings (SSSR count). The van der Waals surface area contributed by atoms with E-state index < -0.39 is 5.97 Å². The number of ether oxygens (including phenoxy) is 3. The fourth-order valence-electron chi connectivity index (χ4n) is 2.30. The van der Waals surface area contributed by atoms with Gasteiger partial charge in [0, 0.05) is 5.56 Å². The van der Waals surface area contributed by atoms with Crippen molar-refractivity contribution in [3.8, 4) is 34.3 Å². The van der Waals surface area contributed by atoms with Crippen LogP contribution in [0.1, 0.15) is 10.5 Å². The molecule has 2 aromatic heterocycles. The van der Waals surface area contributed by atoms with Crippen LogP contribution < -0.4 is 9.47 Å². The Labute approximate surface area is 149 Å². The number of rotatable bonds is 5.